The van der Waals surface area contributed by atoms with Crippen LogP contribution in [0.4, 0.5) is 0 Å². The number of rotatable bonds is 2. The minimum absolute atomic E-state index is 0.170. The number of hydrogen-bond acceptors (Lipinski definition) is 4. The molecule has 2 N–H and O–H groups in total. The second-order valence-corrected chi connectivity index (χ2v) is 5.26. The zero-order chi connectivity index (χ0) is 13.9. The molecular weight excluding hydrogens is 258 g/mol. The summed E-state index contributed by atoms with van der Waals surface area (Å²) in [5.74, 6) is 0.896. The van der Waals surface area contributed by atoms with Crippen LogP contribution in [0.3, 0.4) is 0 Å². The molecule has 0 spiro atoms. The Balaban J connectivity index is 1.77. The molecule has 0 saturated heterocycles. The van der Waals surface area contributed by atoms with Crippen LogP contribution < -0.4 is 14.8 Å². The first-order valence-electron chi connectivity index (χ1n) is 7.13. The van der Waals surface area contributed by atoms with Gasteiger partial charge in [-0.25, -0.2) is 0 Å². The van der Waals surface area contributed by atoms with Gasteiger partial charge >= 0.3 is 0 Å². The molecule has 1 heterocycles. The highest BCUT2D eigenvalue weighted by Crippen LogP contribution is 2.33. The van der Waals surface area contributed by atoms with Crippen LogP contribution in [0.15, 0.2) is 18.2 Å². The van der Waals surface area contributed by atoms with E-state index in [9.17, 15) is 9.90 Å². The van der Waals surface area contributed by atoms with Gasteiger partial charge in [-0.15, -0.1) is 0 Å². The second kappa shape index (κ2) is 5.71. The van der Waals surface area contributed by atoms with Gasteiger partial charge in [-0.2, -0.15) is 0 Å². The first-order chi connectivity index (χ1) is 9.75. The third kappa shape index (κ3) is 2.58. The number of ether oxygens (including phenoxy) is 2. The van der Waals surface area contributed by atoms with Crippen molar-refractivity contribution in [1.82, 2.24) is 5.32 Å². The predicted octanol–water partition coefficient (Wildman–Crippen LogP) is 1.49. The molecule has 1 amide bonds. The standard InChI is InChI=1S/C15H19NO4/c17-12-6-2-1-5-11(12)16-15(18)10-4-3-7-13-14(10)20-9-8-19-13/h3-4,7,11-12,17H,1-2,5-6,8-9H2,(H,16,18). The lowest BCUT2D eigenvalue weighted by Gasteiger charge is -2.29. The number of carbonyl (C=O) groups is 1. The number of para-hydroxylation sites is 1. The minimum Gasteiger partial charge on any atom is -0.486 e. The van der Waals surface area contributed by atoms with Gasteiger partial charge in [-0.3, -0.25) is 4.79 Å². The number of benzene rings is 1. The van der Waals surface area contributed by atoms with E-state index in [2.05, 4.69) is 5.32 Å². The molecule has 3 rings (SSSR count). The molecule has 1 aromatic rings. The number of amides is 1. The van der Waals surface area contributed by atoms with Crippen LogP contribution in [-0.4, -0.2) is 36.4 Å². The molecule has 1 aromatic carbocycles. The van der Waals surface area contributed by atoms with Crippen LogP contribution >= 0.6 is 0 Å². The van der Waals surface area contributed by atoms with Crippen LogP contribution in [0.25, 0.3) is 0 Å². The molecule has 1 saturated carbocycles. The second-order valence-electron chi connectivity index (χ2n) is 5.26. The van der Waals surface area contributed by atoms with Gasteiger partial charge in [0.25, 0.3) is 5.91 Å². The van der Waals surface area contributed by atoms with Crippen molar-refractivity contribution in [2.24, 2.45) is 0 Å². The first kappa shape index (κ1) is 13.2. The Bertz CT molecular complexity index is 503. The lowest BCUT2D eigenvalue weighted by molar-refractivity contribution is 0.0711. The average molecular weight is 277 g/mol. The summed E-state index contributed by atoms with van der Waals surface area (Å²) in [7, 11) is 0. The maximum Gasteiger partial charge on any atom is 0.255 e. The lowest BCUT2D eigenvalue weighted by atomic mass is 9.92. The quantitative estimate of drug-likeness (QED) is 0.859. The van der Waals surface area contributed by atoms with E-state index in [1.165, 1.54) is 0 Å². The smallest absolute Gasteiger partial charge is 0.255 e. The summed E-state index contributed by atoms with van der Waals surface area (Å²) in [6, 6.07) is 5.12. The molecule has 2 unspecified atom stereocenters. The van der Waals surface area contributed by atoms with Crippen LogP contribution in [0.2, 0.25) is 0 Å². The maximum atomic E-state index is 12.4. The van der Waals surface area contributed by atoms with Crippen molar-refractivity contribution in [3.8, 4) is 11.5 Å². The molecule has 0 bridgehead atoms. The summed E-state index contributed by atoms with van der Waals surface area (Å²) in [4.78, 5) is 12.4. The van der Waals surface area contributed by atoms with E-state index in [1.54, 1.807) is 18.2 Å². The van der Waals surface area contributed by atoms with Crippen molar-refractivity contribution in [3.05, 3.63) is 23.8 Å². The summed E-state index contributed by atoms with van der Waals surface area (Å²) < 4.78 is 11.0. The number of aliphatic hydroxyl groups is 1. The largest absolute Gasteiger partial charge is 0.486 e. The number of aliphatic hydroxyl groups excluding tert-OH is 1. The molecule has 1 aliphatic carbocycles. The number of hydrogen-bond donors (Lipinski definition) is 2. The van der Waals surface area contributed by atoms with Crippen molar-refractivity contribution in [1.29, 1.82) is 0 Å². The highest BCUT2D eigenvalue weighted by atomic mass is 16.6. The van der Waals surface area contributed by atoms with Crippen molar-refractivity contribution in [2.75, 3.05) is 13.2 Å². The molecule has 20 heavy (non-hydrogen) atoms. The van der Waals surface area contributed by atoms with Crippen LogP contribution in [0.1, 0.15) is 36.0 Å². The Morgan fingerprint density at radius 1 is 1.20 bits per heavy atom. The zero-order valence-corrected chi connectivity index (χ0v) is 11.3. The van der Waals surface area contributed by atoms with Gasteiger partial charge in [-0.1, -0.05) is 18.9 Å². The highest BCUT2D eigenvalue weighted by molar-refractivity contribution is 5.98. The van der Waals surface area contributed by atoms with E-state index in [-0.39, 0.29) is 11.9 Å². The Morgan fingerprint density at radius 2 is 2.00 bits per heavy atom. The van der Waals surface area contributed by atoms with E-state index in [0.29, 0.717) is 30.3 Å². The molecule has 5 heteroatoms. The first-order valence-corrected chi connectivity index (χ1v) is 7.13. The Hall–Kier alpha value is -1.75. The molecule has 2 atom stereocenters. The Kier molecular flexibility index (Phi) is 3.78. The number of fused-ring (bicyclic) bond motifs is 1. The fraction of sp³-hybridized carbons (Fsp3) is 0.533. The zero-order valence-electron chi connectivity index (χ0n) is 11.3. The Morgan fingerprint density at radius 3 is 2.85 bits per heavy atom. The minimum atomic E-state index is -0.454. The van der Waals surface area contributed by atoms with E-state index < -0.39 is 6.10 Å². The van der Waals surface area contributed by atoms with Crippen LogP contribution in [-0.2, 0) is 0 Å². The summed E-state index contributed by atoms with van der Waals surface area (Å²) in [6.45, 7) is 0.947. The Labute approximate surface area is 117 Å². The van der Waals surface area contributed by atoms with E-state index >= 15 is 0 Å². The van der Waals surface area contributed by atoms with Crippen molar-refractivity contribution in [3.63, 3.8) is 0 Å². The van der Waals surface area contributed by atoms with E-state index in [0.717, 1.165) is 25.7 Å². The van der Waals surface area contributed by atoms with Crippen LogP contribution in [0.5, 0.6) is 11.5 Å². The third-order valence-electron chi connectivity index (χ3n) is 3.86. The van der Waals surface area contributed by atoms with Crippen molar-refractivity contribution >= 4 is 5.91 Å². The summed E-state index contributed by atoms with van der Waals surface area (Å²) >= 11 is 0. The van der Waals surface area contributed by atoms with Crippen molar-refractivity contribution in [2.45, 2.75) is 37.8 Å². The van der Waals surface area contributed by atoms with Gasteiger partial charge in [0, 0.05) is 0 Å². The molecule has 0 radical (unpaired) electrons. The number of carbonyl (C=O) groups excluding carboxylic acids is 1. The predicted molar refractivity (Wildman–Crippen MR) is 73.2 cm³/mol. The van der Waals surface area contributed by atoms with Crippen molar-refractivity contribution < 1.29 is 19.4 Å². The topological polar surface area (TPSA) is 67.8 Å². The van der Waals surface area contributed by atoms with E-state index in [4.69, 9.17) is 9.47 Å². The fourth-order valence-electron chi connectivity index (χ4n) is 2.78. The molecule has 0 aromatic heterocycles. The molecular formula is C15H19NO4. The average Bonchev–Trinajstić information content (AvgIpc) is 2.49. The van der Waals surface area contributed by atoms with Crippen LogP contribution in [0, 0.1) is 0 Å². The van der Waals surface area contributed by atoms with Gasteiger partial charge < -0.3 is 19.9 Å². The maximum absolute atomic E-state index is 12.4. The molecule has 1 fully saturated rings. The van der Waals surface area contributed by atoms with Gasteiger partial charge in [0.1, 0.15) is 13.2 Å². The normalized spacial score (nSPS) is 25.1. The SMILES string of the molecule is O=C(NC1CCCCC1O)c1cccc2c1OCCO2. The summed E-state index contributed by atoms with van der Waals surface area (Å²) in [5, 5.41) is 12.8. The van der Waals surface area contributed by atoms with Gasteiger partial charge in [0.05, 0.1) is 17.7 Å². The molecule has 5 nitrogen and oxygen atoms in total. The number of nitrogens with one attached hydrogen (secondary N) is 1. The summed E-state index contributed by atoms with van der Waals surface area (Å²) in [6.07, 6.45) is 3.17. The van der Waals surface area contributed by atoms with E-state index in [1.807, 2.05) is 0 Å². The molecule has 1 aliphatic heterocycles. The lowest BCUT2D eigenvalue weighted by Crippen LogP contribution is -2.45. The third-order valence-corrected chi connectivity index (χ3v) is 3.86. The van der Waals surface area contributed by atoms with Gasteiger partial charge in [0.15, 0.2) is 11.5 Å². The monoisotopic (exact) mass is 277 g/mol. The van der Waals surface area contributed by atoms with Gasteiger partial charge in [-0.05, 0) is 25.0 Å². The summed E-state index contributed by atoms with van der Waals surface area (Å²) in [5.41, 5.74) is 0.472. The highest BCUT2D eigenvalue weighted by Gasteiger charge is 2.27. The fourth-order valence-corrected chi connectivity index (χ4v) is 2.78. The van der Waals surface area contributed by atoms with Gasteiger partial charge in [0.2, 0.25) is 0 Å². The molecule has 108 valence electrons. The molecule has 2 aliphatic rings.